The molecule has 15 heavy (non-hydrogen) atoms. The Balaban J connectivity index is 3.28. The van der Waals surface area contributed by atoms with Crippen LogP contribution in [0.25, 0.3) is 0 Å². The fraction of sp³-hybridized carbons (Fsp3) is 0.273. The Kier molecular flexibility index (Phi) is 3.40. The number of aryl methyl sites for hydroxylation is 1. The minimum Gasteiger partial charge on any atom is -0.462 e. The van der Waals surface area contributed by atoms with E-state index in [1.165, 1.54) is 6.07 Å². The lowest BCUT2D eigenvalue weighted by molar-refractivity contribution is 0.0525. The third-order valence-corrected chi connectivity index (χ3v) is 1.90. The van der Waals surface area contributed by atoms with E-state index < -0.39 is 11.8 Å². The maximum atomic E-state index is 12.9. The first-order chi connectivity index (χ1) is 7.10. The first-order valence-corrected chi connectivity index (χ1v) is 4.47. The van der Waals surface area contributed by atoms with Crippen LogP contribution in [0, 0.1) is 24.1 Å². The molecule has 0 heterocycles. The number of carbonyl (C=O) groups excluding carboxylic acids is 1. The molecule has 0 aliphatic carbocycles. The topological polar surface area (TPSA) is 50.1 Å². The molecule has 0 bridgehead atoms. The molecule has 0 unspecified atom stereocenters. The molecular formula is C11H10FNO2. The van der Waals surface area contributed by atoms with Gasteiger partial charge in [0.2, 0.25) is 0 Å². The molecule has 0 fully saturated rings. The van der Waals surface area contributed by atoms with Gasteiger partial charge in [0.25, 0.3) is 0 Å². The van der Waals surface area contributed by atoms with Gasteiger partial charge in [-0.15, -0.1) is 0 Å². The van der Waals surface area contributed by atoms with E-state index in [9.17, 15) is 9.18 Å². The Morgan fingerprint density at radius 2 is 2.27 bits per heavy atom. The zero-order valence-electron chi connectivity index (χ0n) is 8.50. The van der Waals surface area contributed by atoms with E-state index in [-0.39, 0.29) is 17.7 Å². The molecule has 0 aliphatic heterocycles. The summed E-state index contributed by atoms with van der Waals surface area (Å²) in [5.41, 5.74) is 0.553. The molecule has 0 saturated heterocycles. The molecule has 4 heteroatoms. The van der Waals surface area contributed by atoms with Crippen LogP contribution in [-0.4, -0.2) is 12.6 Å². The van der Waals surface area contributed by atoms with Gasteiger partial charge in [-0.2, -0.15) is 5.26 Å². The molecule has 0 amide bonds. The molecule has 78 valence electrons. The largest absolute Gasteiger partial charge is 0.462 e. The fourth-order valence-corrected chi connectivity index (χ4v) is 1.31. The van der Waals surface area contributed by atoms with Gasteiger partial charge in [0.15, 0.2) is 0 Å². The van der Waals surface area contributed by atoms with Crippen LogP contribution in [-0.2, 0) is 4.74 Å². The zero-order chi connectivity index (χ0) is 11.4. The first kappa shape index (κ1) is 11.2. The van der Waals surface area contributed by atoms with Crippen molar-refractivity contribution in [3.05, 3.63) is 34.6 Å². The van der Waals surface area contributed by atoms with Crippen molar-refractivity contribution in [1.82, 2.24) is 0 Å². The molecule has 0 spiro atoms. The zero-order valence-corrected chi connectivity index (χ0v) is 8.50. The van der Waals surface area contributed by atoms with Crippen LogP contribution in [0.15, 0.2) is 12.1 Å². The number of nitrogens with zero attached hydrogens (tertiary/aromatic N) is 1. The van der Waals surface area contributed by atoms with Crippen molar-refractivity contribution in [3.63, 3.8) is 0 Å². The average Bonchev–Trinajstić information content (AvgIpc) is 2.16. The van der Waals surface area contributed by atoms with Gasteiger partial charge in [0.1, 0.15) is 11.9 Å². The molecular weight excluding hydrogens is 197 g/mol. The van der Waals surface area contributed by atoms with Crippen LogP contribution in [0.3, 0.4) is 0 Å². The van der Waals surface area contributed by atoms with Gasteiger partial charge in [0, 0.05) is 0 Å². The van der Waals surface area contributed by atoms with E-state index in [4.69, 9.17) is 10.00 Å². The predicted molar refractivity (Wildman–Crippen MR) is 51.8 cm³/mol. The average molecular weight is 207 g/mol. The summed E-state index contributed by atoms with van der Waals surface area (Å²) in [5.74, 6) is -1.12. The first-order valence-electron chi connectivity index (χ1n) is 4.47. The summed E-state index contributed by atoms with van der Waals surface area (Å²) in [6.45, 7) is 3.46. The quantitative estimate of drug-likeness (QED) is 0.698. The van der Waals surface area contributed by atoms with Crippen molar-refractivity contribution in [2.45, 2.75) is 13.8 Å². The van der Waals surface area contributed by atoms with Crippen molar-refractivity contribution in [3.8, 4) is 6.07 Å². The van der Waals surface area contributed by atoms with Gasteiger partial charge in [0.05, 0.1) is 17.7 Å². The Labute approximate surface area is 87.1 Å². The van der Waals surface area contributed by atoms with Crippen LogP contribution in [0.1, 0.15) is 28.4 Å². The Bertz CT molecular complexity index is 435. The molecule has 0 aromatic heterocycles. The summed E-state index contributed by atoms with van der Waals surface area (Å²) in [4.78, 5) is 11.5. The lowest BCUT2D eigenvalue weighted by atomic mass is 10.0. The van der Waals surface area contributed by atoms with Gasteiger partial charge in [-0.3, -0.25) is 0 Å². The van der Waals surface area contributed by atoms with E-state index in [0.717, 1.165) is 6.07 Å². The maximum Gasteiger partial charge on any atom is 0.339 e. The maximum absolute atomic E-state index is 12.9. The molecule has 3 nitrogen and oxygen atoms in total. The Morgan fingerprint density at radius 1 is 1.60 bits per heavy atom. The molecule has 1 aromatic rings. The standard InChI is InChI=1S/C11H10FNO2/c1-3-15-11(14)10-7(2)4-9(12)5-8(10)6-13/h4-5H,3H2,1-2H3. The van der Waals surface area contributed by atoms with Gasteiger partial charge in [-0.05, 0) is 31.5 Å². The van der Waals surface area contributed by atoms with E-state index in [1.807, 2.05) is 0 Å². The number of nitriles is 1. The lowest BCUT2D eigenvalue weighted by Gasteiger charge is -2.07. The minimum atomic E-state index is -0.591. The molecule has 1 rings (SSSR count). The third-order valence-electron chi connectivity index (χ3n) is 1.90. The van der Waals surface area contributed by atoms with Crippen molar-refractivity contribution in [1.29, 1.82) is 5.26 Å². The second-order valence-corrected chi connectivity index (χ2v) is 2.98. The second-order valence-electron chi connectivity index (χ2n) is 2.98. The molecule has 0 N–H and O–H groups in total. The number of benzene rings is 1. The summed E-state index contributed by atoms with van der Waals surface area (Å²) < 4.78 is 17.7. The number of ether oxygens (including phenoxy) is 1. The van der Waals surface area contributed by atoms with Crippen LogP contribution < -0.4 is 0 Å². The highest BCUT2D eigenvalue weighted by Crippen LogP contribution is 2.17. The summed E-state index contributed by atoms with van der Waals surface area (Å²) in [6, 6.07) is 4.00. The van der Waals surface area contributed by atoms with Gasteiger partial charge < -0.3 is 4.74 Å². The summed E-state index contributed by atoms with van der Waals surface area (Å²) in [5, 5.41) is 8.76. The second kappa shape index (κ2) is 4.56. The highest BCUT2D eigenvalue weighted by Gasteiger charge is 2.16. The molecule has 0 aliphatic rings. The third kappa shape index (κ3) is 2.32. The number of rotatable bonds is 2. The van der Waals surface area contributed by atoms with Crippen LogP contribution >= 0.6 is 0 Å². The smallest absolute Gasteiger partial charge is 0.339 e. The highest BCUT2D eigenvalue weighted by molar-refractivity contribution is 5.93. The van der Waals surface area contributed by atoms with E-state index >= 15 is 0 Å². The number of hydrogen-bond donors (Lipinski definition) is 0. The summed E-state index contributed by atoms with van der Waals surface area (Å²) >= 11 is 0. The Morgan fingerprint density at radius 3 is 2.80 bits per heavy atom. The highest BCUT2D eigenvalue weighted by atomic mass is 19.1. The SMILES string of the molecule is CCOC(=O)c1c(C)cc(F)cc1C#N. The van der Waals surface area contributed by atoms with Crippen molar-refractivity contribution < 1.29 is 13.9 Å². The molecule has 1 aromatic carbocycles. The van der Waals surface area contributed by atoms with Crippen LogP contribution in [0.2, 0.25) is 0 Å². The minimum absolute atomic E-state index is 0.00551. The lowest BCUT2D eigenvalue weighted by Crippen LogP contribution is -2.09. The summed E-state index contributed by atoms with van der Waals surface area (Å²) in [6.07, 6.45) is 0. The van der Waals surface area contributed by atoms with Crippen LogP contribution in [0.5, 0.6) is 0 Å². The normalized spacial score (nSPS) is 9.47. The van der Waals surface area contributed by atoms with Crippen molar-refractivity contribution >= 4 is 5.97 Å². The fourth-order valence-electron chi connectivity index (χ4n) is 1.31. The van der Waals surface area contributed by atoms with Gasteiger partial charge in [-0.25, -0.2) is 9.18 Å². The monoisotopic (exact) mass is 207 g/mol. The molecule has 0 atom stereocenters. The molecule has 0 radical (unpaired) electrons. The van der Waals surface area contributed by atoms with Crippen molar-refractivity contribution in [2.24, 2.45) is 0 Å². The van der Waals surface area contributed by atoms with Gasteiger partial charge >= 0.3 is 5.97 Å². The van der Waals surface area contributed by atoms with E-state index in [2.05, 4.69) is 0 Å². The van der Waals surface area contributed by atoms with Gasteiger partial charge in [-0.1, -0.05) is 0 Å². The Hall–Kier alpha value is -1.89. The predicted octanol–water partition coefficient (Wildman–Crippen LogP) is 2.18. The van der Waals surface area contributed by atoms with Crippen molar-refractivity contribution in [2.75, 3.05) is 6.61 Å². The number of carbonyl (C=O) groups is 1. The number of halogens is 1. The molecule has 0 saturated carbocycles. The summed E-state index contributed by atoms with van der Waals surface area (Å²) in [7, 11) is 0. The van der Waals surface area contributed by atoms with E-state index in [1.54, 1.807) is 19.9 Å². The number of esters is 1. The van der Waals surface area contributed by atoms with E-state index in [0.29, 0.717) is 5.56 Å². The number of hydrogen-bond acceptors (Lipinski definition) is 3. The van der Waals surface area contributed by atoms with Crippen LogP contribution in [0.4, 0.5) is 4.39 Å².